The Morgan fingerprint density at radius 1 is 1.23 bits per heavy atom. The Hall–Kier alpha value is -2.45. The Morgan fingerprint density at radius 2 is 1.94 bits per heavy atom. The Labute approximate surface area is 184 Å². The third-order valence-electron chi connectivity index (χ3n) is 4.76. The SMILES string of the molecule is COC(=O)[C@H](CCCCNC(=O)OCc1ccccc1)N=CCC1OCC(C)(C)CO1. The predicted octanol–water partition coefficient (Wildman–Crippen LogP) is 3.48. The average Bonchev–Trinajstić information content (AvgIpc) is 2.77. The topological polar surface area (TPSA) is 95.5 Å². The van der Waals surface area contributed by atoms with Crippen molar-refractivity contribution in [3.05, 3.63) is 35.9 Å². The van der Waals surface area contributed by atoms with Crippen molar-refractivity contribution >= 4 is 18.3 Å². The molecule has 1 atom stereocenters. The molecule has 0 aromatic heterocycles. The van der Waals surface area contributed by atoms with Crippen LogP contribution in [0.4, 0.5) is 4.79 Å². The molecule has 8 heteroatoms. The number of aliphatic imine (C=N–C) groups is 1. The highest BCUT2D eigenvalue weighted by atomic mass is 16.7. The highest BCUT2D eigenvalue weighted by Crippen LogP contribution is 2.23. The van der Waals surface area contributed by atoms with E-state index in [1.165, 1.54) is 7.11 Å². The largest absolute Gasteiger partial charge is 0.467 e. The fourth-order valence-electron chi connectivity index (χ4n) is 2.95. The number of carbonyl (C=O) groups is 2. The third-order valence-corrected chi connectivity index (χ3v) is 4.76. The number of methoxy groups -OCH3 is 1. The molecule has 1 aliphatic rings. The lowest BCUT2D eigenvalue weighted by atomic mass is 9.95. The minimum absolute atomic E-state index is 0.0181. The lowest BCUT2D eigenvalue weighted by Gasteiger charge is -2.34. The molecule has 1 fully saturated rings. The molecule has 2 rings (SSSR count). The number of hydrogen-bond acceptors (Lipinski definition) is 7. The smallest absolute Gasteiger partial charge is 0.407 e. The highest BCUT2D eigenvalue weighted by molar-refractivity contribution is 5.77. The summed E-state index contributed by atoms with van der Waals surface area (Å²) in [5.41, 5.74) is 0.952. The Kier molecular flexibility index (Phi) is 10.5. The fraction of sp³-hybridized carbons (Fsp3) is 0.609. The van der Waals surface area contributed by atoms with E-state index in [4.69, 9.17) is 18.9 Å². The summed E-state index contributed by atoms with van der Waals surface area (Å²) >= 11 is 0. The van der Waals surface area contributed by atoms with E-state index in [9.17, 15) is 9.59 Å². The van der Waals surface area contributed by atoms with Gasteiger partial charge in [0.05, 0.1) is 20.3 Å². The van der Waals surface area contributed by atoms with Gasteiger partial charge in [0.2, 0.25) is 0 Å². The van der Waals surface area contributed by atoms with E-state index in [2.05, 4.69) is 24.2 Å². The van der Waals surface area contributed by atoms with Crippen LogP contribution in [-0.2, 0) is 30.3 Å². The zero-order valence-electron chi connectivity index (χ0n) is 18.7. The van der Waals surface area contributed by atoms with E-state index in [1.807, 2.05) is 30.3 Å². The van der Waals surface area contributed by atoms with E-state index in [0.29, 0.717) is 45.4 Å². The zero-order chi connectivity index (χ0) is 22.5. The summed E-state index contributed by atoms with van der Waals surface area (Å²) < 4.78 is 21.3. The Balaban J connectivity index is 1.62. The summed E-state index contributed by atoms with van der Waals surface area (Å²) in [4.78, 5) is 28.1. The van der Waals surface area contributed by atoms with Gasteiger partial charge in [-0.05, 0) is 24.8 Å². The van der Waals surface area contributed by atoms with Crippen molar-refractivity contribution in [3.8, 4) is 0 Å². The van der Waals surface area contributed by atoms with Gasteiger partial charge in [-0.15, -0.1) is 0 Å². The molecule has 0 saturated carbocycles. The van der Waals surface area contributed by atoms with Crippen molar-refractivity contribution in [1.82, 2.24) is 5.32 Å². The minimum atomic E-state index is -0.574. The molecule has 1 aromatic carbocycles. The van der Waals surface area contributed by atoms with Gasteiger partial charge in [-0.2, -0.15) is 0 Å². The molecule has 0 radical (unpaired) electrons. The molecule has 0 spiro atoms. The molecule has 1 aromatic rings. The first-order chi connectivity index (χ1) is 14.9. The maximum absolute atomic E-state index is 12.0. The van der Waals surface area contributed by atoms with Gasteiger partial charge >= 0.3 is 12.1 Å². The van der Waals surface area contributed by atoms with Crippen molar-refractivity contribution in [2.24, 2.45) is 10.4 Å². The van der Waals surface area contributed by atoms with Gasteiger partial charge in [0.15, 0.2) is 6.29 Å². The van der Waals surface area contributed by atoms with Crippen LogP contribution in [0.3, 0.4) is 0 Å². The number of alkyl carbamates (subject to hydrolysis) is 1. The van der Waals surface area contributed by atoms with Crippen LogP contribution in [0.1, 0.15) is 45.1 Å². The molecule has 0 aliphatic carbocycles. The molecule has 1 saturated heterocycles. The number of nitrogens with zero attached hydrogens (tertiary/aromatic N) is 1. The summed E-state index contributed by atoms with van der Waals surface area (Å²) in [7, 11) is 1.35. The van der Waals surface area contributed by atoms with Crippen LogP contribution in [0.25, 0.3) is 0 Å². The normalized spacial score (nSPS) is 17.3. The lowest BCUT2D eigenvalue weighted by Crippen LogP contribution is -2.37. The van der Waals surface area contributed by atoms with Crippen molar-refractivity contribution in [3.63, 3.8) is 0 Å². The second-order valence-corrected chi connectivity index (χ2v) is 8.31. The van der Waals surface area contributed by atoms with Gasteiger partial charge in [0.25, 0.3) is 0 Å². The standard InChI is InChI=1S/C23H34N2O6/c1-23(2)16-30-20(31-17-23)12-14-24-19(21(26)28-3)11-7-8-13-25-22(27)29-15-18-9-5-4-6-10-18/h4-6,9-10,14,19-20H,7-8,11-13,15-17H2,1-3H3,(H,25,27)/t19-/m0/s1. The first kappa shape index (κ1) is 24.8. The van der Waals surface area contributed by atoms with Crippen LogP contribution in [0.15, 0.2) is 35.3 Å². The van der Waals surface area contributed by atoms with E-state index >= 15 is 0 Å². The summed E-state index contributed by atoms with van der Waals surface area (Å²) in [5.74, 6) is -0.377. The summed E-state index contributed by atoms with van der Waals surface area (Å²) in [6.45, 7) is 6.13. The van der Waals surface area contributed by atoms with Crippen molar-refractivity contribution in [2.75, 3.05) is 26.9 Å². The molecule has 1 amide bonds. The van der Waals surface area contributed by atoms with Gasteiger partial charge in [-0.25, -0.2) is 9.59 Å². The second kappa shape index (κ2) is 13.1. The molecular weight excluding hydrogens is 400 g/mol. The molecule has 8 nitrogen and oxygen atoms in total. The summed E-state index contributed by atoms with van der Waals surface area (Å²) in [5, 5.41) is 2.71. The van der Waals surface area contributed by atoms with Gasteiger partial charge in [0, 0.05) is 24.6 Å². The number of hydrogen-bond donors (Lipinski definition) is 1. The summed E-state index contributed by atoms with van der Waals surface area (Å²) in [6.07, 6.45) is 3.31. The Bertz CT molecular complexity index is 697. The zero-order valence-corrected chi connectivity index (χ0v) is 18.7. The average molecular weight is 435 g/mol. The van der Waals surface area contributed by atoms with Gasteiger partial charge in [-0.3, -0.25) is 4.99 Å². The monoisotopic (exact) mass is 434 g/mol. The molecule has 0 unspecified atom stereocenters. The molecular formula is C23H34N2O6. The predicted molar refractivity (Wildman–Crippen MR) is 117 cm³/mol. The summed E-state index contributed by atoms with van der Waals surface area (Å²) in [6, 6.07) is 8.92. The van der Waals surface area contributed by atoms with Crippen LogP contribution >= 0.6 is 0 Å². The second-order valence-electron chi connectivity index (χ2n) is 8.31. The molecule has 31 heavy (non-hydrogen) atoms. The van der Waals surface area contributed by atoms with Crippen LogP contribution in [0.5, 0.6) is 0 Å². The van der Waals surface area contributed by atoms with Crippen LogP contribution in [0, 0.1) is 5.41 Å². The number of nitrogens with one attached hydrogen (secondary N) is 1. The molecule has 1 aliphatic heterocycles. The number of unbranched alkanes of at least 4 members (excludes halogenated alkanes) is 1. The number of amides is 1. The van der Waals surface area contributed by atoms with Gasteiger partial charge in [-0.1, -0.05) is 44.2 Å². The lowest BCUT2D eigenvalue weighted by molar-refractivity contribution is -0.217. The van der Waals surface area contributed by atoms with E-state index in [1.54, 1.807) is 6.21 Å². The van der Waals surface area contributed by atoms with Gasteiger partial charge < -0.3 is 24.3 Å². The van der Waals surface area contributed by atoms with Crippen molar-refractivity contribution < 1.29 is 28.5 Å². The van der Waals surface area contributed by atoms with Crippen molar-refractivity contribution in [1.29, 1.82) is 0 Å². The maximum Gasteiger partial charge on any atom is 0.407 e. The first-order valence-electron chi connectivity index (χ1n) is 10.7. The van der Waals surface area contributed by atoms with Crippen LogP contribution in [-0.4, -0.2) is 57.5 Å². The van der Waals surface area contributed by atoms with Crippen LogP contribution in [0.2, 0.25) is 0 Å². The molecule has 1 N–H and O–H groups in total. The minimum Gasteiger partial charge on any atom is -0.467 e. The number of rotatable bonds is 11. The highest BCUT2D eigenvalue weighted by Gasteiger charge is 2.27. The van der Waals surface area contributed by atoms with E-state index < -0.39 is 12.1 Å². The molecule has 1 heterocycles. The van der Waals surface area contributed by atoms with Crippen molar-refractivity contribution in [2.45, 2.75) is 58.5 Å². The van der Waals surface area contributed by atoms with Crippen LogP contribution < -0.4 is 5.32 Å². The molecule has 0 bridgehead atoms. The Morgan fingerprint density at radius 3 is 2.61 bits per heavy atom. The number of benzene rings is 1. The van der Waals surface area contributed by atoms with E-state index in [-0.39, 0.29) is 24.3 Å². The van der Waals surface area contributed by atoms with Gasteiger partial charge in [0.1, 0.15) is 12.6 Å². The molecule has 172 valence electrons. The number of ether oxygens (including phenoxy) is 4. The quantitative estimate of drug-likeness (QED) is 0.325. The fourth-order valence-corrected chi connectivity index (χ4v) is 2.95. The van der Waals surface area contributed by atoms with E-state index in [0.717, 1.165) is 5.56 Å². The first-order valence-corrected chi connectivity index (χ1v) is 10.7. The number of carbonyl (C=O) groups excluding carboxylic acids is 2. The third kappa shape index (κ3) is 9.93. The maximum atomic E-state index is 12.0. The number of esters is 1.